The van der Waals surface area contributed by atoms with Gasteiger partial charge in [-0.3, -0.25) is 0 Å². The highest BCUT2D eigenvalue weighted by molar-refractivity contribution is 5.55. The van der Waals surface area contributed by atoms with Gasteiger partial charge in [-0.05, 0) is 37.0 Å². The van der Waals surface area contributed by atoms with E-state index >= 15 is 0 Å². The van der Waals surface area contributed by atoms with Crippen molar-refractivity contribution in [2.45, 2.75) is 19.3 Å². The van der Waals surface area contributed by atoms with Crippen LogP contribution in [0.1, 0.15) is 19.3 Å². The molecule has 2 saturated carbocycles. The van der Waals surface area contributed by atoms with Gasteiger partial charge in [0.1, 0.15) is 6.29 Å². The molecule has 0 radical (unpaired) electrons. The van der Waals surface area contributed by atoms with Crippen molar-refractivity contribution in [3.05, 3.63) is 12.7 Å². The third kappa shape index (κ3) is 0.943. The molecule has 1 heteroatoms. The summed E-state index contributed by atoms with van der Waals surface area (Å²) in [6.07, 6.45) is 6.91. The molecule has 0 aromatic carbocycles. The van der Waals surface area contributed by atoms with Crippen LogP contribution in [0.5, 0.6) is 0 Å². The van der Waals surface area contributed by atoms with Crippen LogP contribution < -0.4 is 0 Å². The topological polar surface area (TPSA) is 17.1 Å². The summed E-state index contributed by atoms with van der Waals surface area (Å²) in [6.45, 7) is 3.81. The van der Waals surface area contributed by atoms with Crippen LogP contribution in [-0.2, 0) is 4.79 Å². The Morgan fingerprint density at radius 2 is 1.91 bits per heavy atom. The van der Waals surface area contributed by atoms with Gasteiger partial charge in [-0.1, -0.05) is 6.08 Å². The number of carbonyl (C=O) groups is 1. The summed E-state index contributed by atoms with van der Waals surface area (Å²) >= 11 is 0. The molecule has 2 aliphatic rings. The van der Waals surface area contributed by atoms with Gasteiger partial charge in [-0.15, -0.1) is 6.58 Å². The summed E-state index contributed by atoms with van der Waals surface area (Å²) in [5.74, 6) is 2.48. The van der Waals surface area contributed by atoms with Crippen molar-refractivity contribution in [3.63, 3.8) is 0 Å². The lowest BCUT2D eigenvalue weighted by atomic mass is 9.81. The Bertz CT molecular complexity index is 167. The van der Waals surface area contributed by atoms with E-state index in [0.717, 1.165) is 18.6 Å². The summed E-state index contributed by atoms with van der Waals surface area (Å²) in [5, 5.41) is 0. The summed E-state index contributed by atoms with van der Waals surface area (Å²) in [5.41, 5.74) is 0. The molecule has 2 bridgehead atoms. The average Bonchev–Trinajstić information content (AvgIpc) is 2.60. The smallest absolute Gasteiger partial charge is 0.123 e. The number of allylic oxidation sites excluding steroid dienone is 1. The molecular formula is C10H14O. The van der Waals surface area contributed by atoms with E-state index in [0.29, 0.717) is 17.8 Å². The third-order valence-corrected chi connectivity index (χ3v) is 3.39. The van der Waals surface area contributed by atoms with Crippen molar-refractivity contribution < 1.29 is 4.79 Å². The van der Waals surface area contributed by atoms with Gasteiger partial charge < -0.3 is 4.79 Å². The van der Waals surface area contributed by atoms with E-state index in [-0.39, 0.29) is 0 Å². The minimum Gasteiger partial charge on any atom is -0.303 e. The molecule has 0 aromatic heterocycles. The molecule has 2 aliphatic carbocycles. The Balaban J connectivity index is 2.13. The third-order valence-electron chi connectivity index (χ3n) is 3.39. The number of hydrogen-bond donors (Lipinski definition) is 0. The molecule has 0 saturated heterocycles. The highest BCUT2D eigenvalue weighted by Gasteiger charge is 2.44. The van der Waals surface area contributed by atoms with Crippen LogP contribution in [0.2, 0.25) is 0 Å². The van der Waals surface area contributed by atoms with Crippen LogP contribution >= 0.6 is 0 Å². The highest BCUT2D eigenvalue weighted by Crippen LogP contribution is 2.51. The summed E-state index contributed by atoms with van der Waals surface area (Å²) < 4.78 is 0. The Morgan fingerprint density at radius 1 is 1.18 bits per heavy atom. The van der Waals surface area contributed by atoms with Gasteiger partial charge in [0.15, 0.2) is 0 Å². The Morgan fingerprint density at radius 3 is 2.45 bits per heavy atom. The number of fused-ring (bicyclic) bond motifs is 2. The minimum atomic E-state index is 0.358. The molecule has 0 amide bonds. The SMILES string of the molecule is C=CC1CC2CC(C=O)C1C2. The number of aldehydes is 1. The summed E-state index contributed by atoms with van der Waals surface area (Å²) in [4.78, 5) is 10.6. The molecule has 2 fully saturated rings. The maximum absolute atomic E-state index is 10.6. The number of rotatable bonds is 2. The molecule has 4 atom stereocenters. The van der Waals surface area contributed by atoms with Gasteiger partial charge in [0.25, 0.3) is 0 Å². The van der Waals surface area contributed by atoms with Gasteiger partial charge in [0.05, 0.1) is 0 Å². The summed E-state index contributed by atoms with van der Waals surface area (Å²) in [7, 11) is 0. The molecule has 1 nitrogen and oxygen atoms in total. The molecule has 2 rings (SSSR count). The van der Waals surface area contributed by atoms with Crippen molar-refractivity contribution >= 4 is 6.29 Å². The van der Waals surface area contributed by atoms with Gasteiger partial charge in [-0.25, -0.2) is 0 Å². The summed E-state index contributed by atoms with van der Waals surface area (Å²) in [6, 6.07) is 0. The van der Waals surface area contributed by atoms with E-state index in [9.17, 15) is 4.79 Å². The Labute approximate surface area is 67.5 Å². The first-order valence-corrected chi connectivity index (χ1v) is 4.43. The normalized spacial score (nSPS) is 47.6. The Kier molecular flexibility index (Phi) is 1.59. The first kappa shape index (κ1) is 7.08. The van der Waals surface area contributed by atoms with Crippen LogP contribution in [0.15, 0.2) is 12.7 Å². The second-order valence-corrected chi connectivity index (χ2v) is 3.94. The lowest BCUT2D eigenvalue weighted by Gasteiger charge is -2.22. The van der Waals surface area contributed by atoms with Crippen molar-refractivity contribution in [1.82, 2.24) is 0 Å². The molecule has 0 aromatic rings. The lowest BCUT2D eigenvalue weighted by Crippen LogP contribution is -2.19. The van der Waals surface area contributed by atoms with Crippen LogP contribution in [0.3, 0.4) is 0 Å². The molecule has 4 unspecified atom stereocenters. The van der Waals surface area contributed by atoms with Gasteiger partial charge in [0, 0.05) is 5.92 Å². The molecule has 0 spiro atoms. The maximum Gasteiger partial charge on any atom is 0.123 e. The fraction of sp³-hybridized carbons (Fsp3) is 0.700. The zero-order valence-electron chi connectivity index (χ0n) is 6.70. The van der Waals surface area contributed by atoms with Crippen LogP contribution in [0.4, 0.5) is 0 Å². The van der Waals surface area contributed by atoms with E-state index in [2.05, 4.69) is 6.58 Å². The number of carbonyl (C=O) groups excluding carboxylic acids is 1. The molecular weight excluding hydrogens is 136 g/mol. The van der Waals surface area contributed by atoms with E-state index in [1.165, 1.54) is 12.8 Å². The monoisotopic (exact) mass is 150 g/mol. The standard InChI is InChI=1S/C10H14O/c1-2-8-3-7-4-9(6-11)10(8)5-7/h2,6-10H,1,3-5H2. The predicted molar refractivity (Wildman–Crippen MR) is 44.1 cm³/mol. The van der Waals surface area contributed by atoms with Crippen molar-refractivity contribution in [3.8, 4) is 0 Å². The van der Waals surface area contributed by atoms with Gasteiger partial charge in [-0.2, -0.15) is 0 Å². The average molecular weight is 150 g/mol. The van der Waals surface area contributed by atoms with E-state index in [4.69, 9.17) is 0 Å². The van der Waals surface area contributed by atoms with Crippen molar-refractivity contribution in [2.24, 2.45) is 23.7 Å². The number of hydrogen-bond acceptors (Lipinski definition) is 1. The first-order valence-electron chi connectivity index (χ1n) is 4.43. The van der Waals surface area contributed by atoms with Crippen LogP contribution in [-0.4, -0.2) is 6.29 Å². The van der Waals surface area contributed by atoms with Crippen molar-refractivity contribution in [1.29, 1.82) is 0 Å². The molecule has 0 N–H and O–H groups in total. The maximum atomic E-state index is 10.6. The van der Waals surface area contributed by atoms with Crippen LogP contribution in [0, 0.1) is 23.7 Å². The second kappa shape index (κ2) is 2.47. The fourth-order valence-corrected chi connectivity index (χ4v) is 2.89. The first-order chi connectivity index (χ1) is 5.35. The van der Waals surface area contributed by atoms with E-state index in [1.54, 1.807) is 0 Å². The molecule has 60 valence electrons. The molecule has 11 heavy (non-hydrogen) atoms. The Hall–Kier alpha value is -0.590. The molecule has 0 heterocycles. The lowest BCUT2D eigenvalue weighted by molar-refractivity contribution is -0.112. The zero-order chi connectivity index (χ0) is 7.84. The predicted octanol–water partition coefficient (Wildman–Crippen LogP) is 2.03. The zero-order valence-corrected chi connectivity index (χ0v) is 6.70. The minimum absolute atomic E-state index is 0.358. The quantitative estimate of drug-likeness (QED) is 0.435. The fourth-order valence-electron chi connectivity index (χ4n) is 2.89. The second-order valence-electron chi connectivity index (χ2n) is 3.94. The van der Waals surface area contributed by atoms with Gasteiger partial charge in [0.2, 0.25) is 0 Å². The molecule has 0 aliphatic heterocycles. The van der Waals surface area contributed by atoms with Crippen LogP contribution in [0.25, 0.3) is 0 Å². The van der Waals surface area contributed by atoms with Crippen molar-refractivity contribution in [2.75, 3.05) is 0 Å². The van der Waals surface area contributed by atoms with Gasteiger partial charge >= 0.3 is 0 Å². The van der Waals surface area contributed by atoms with E-state index < -0.39 is 0 Å². The largest absolute Gasteiger partial charge is 0.303 e. The van der Waals surface area contributed by atoms with E-state index in [1.807, 2.05) is 6.08 Å². The highest BCUT2D eigenvalue weighted by atomic mass is 16.1.